The molecule has 0 N–H and O–H groups in total. The molecule has 1 fully saturated rings. The summed E-state index contributed by atoms with van der Waals surface area (Å²) in [4.78, 5) is 41.3. The molecule has 2 aromatic carbocycles. The van der Waals surface area contributed by atoms with Gasteiger partial charge in [0.15, 0.2) is 15.9 Å². The minimum Gasteiger partial charge on any atom is -0.449 e. The SMILES string of the molecule is C[C@H](OC(=O)c1ccccc1C(=O)N(C)c1ccccc1)C(=O)N(C)[C@@H]1CCS(=O)(=O)C1. The van der Waals surface area contributed by atoms with Gasteiger partial charge in [-0.2, -0.15) is 0 Å². The summed E-state index contributed by atoms with van der Waals surface area (Å²) in [6, 6.07) is 14.8. The third-order valence-corrected chi connectivity index (χ3v) is 7.31. The molecule has 2 atom stereocenters. The van der Waals surface area contributed by atoms with Crippen LogP contribution in [0.4, 0.5) is 5.69 Å². The number of carbonyl (C=O) groups is 3. The first-order valence-electron chi connectivity index (χ1n) is 10.2. The van der Waals surface area contributed by atoms with Gasteiger partial charge in [-0.15, -0.1) is 0 Å². The summed E-state index contributed by atoms with van der Waals surface area (Å²) in [6.45, 7) is 1.43. The monoisotopic (exact) mass is 458 g/mol. The van der Waals surface area contributed by atoms with Crippen molar-refractivity contribution in [2.24, 2.45) is 0 Å². The number of nitrogens with zero attached hydrogens (tertiary/aromatic N) is 2. The number of benzene rings is 2. The Morgan fingerprint density at radius 1 is 0.969 bits per heavy atom. The highest BCUT2D eigenvalue weighted by molar-refractivity contribution is 7.91. The number of hydrogen-bond acceptors (Lipinski definition) is 6. The van der Waals surface area contributed by atoms with Crippen LogP contribution in [0.2, 0.25) is 0 Å². The van der Waals surface area contributed by atoms with Gasteiger partial charge in [0.2, 0.25) is 0 Å². The van der Waals surface area contributed by atoms with Crippen molar-refractivity contribution in [1.29, 1.82) is 0 Å². The second-order valence-electron chi connectivity index (χ2n) is 7.80. The Balaban J connectivity index is 1.73. The molecule has 0 spiro atoms. The Hall–Kier alpha value is -3.20. The molecule has 1 aliphatic heterocycles. The van der Waals surface area contributed by atoms with E-state index in [-0.39, 0.29) is 22.6 Å². The zero-order chi connectivity index (χ0) is 23.5. The zero-order valence-electron chi connectivity index (χ0n) is 18.2. The number of hydrogen-bond donors (Lipinski definition) is 0. The van der Waals surface area contributed by atoms with E-state index in [4.69, 9.17) is 4.74 Å². The predicted molar refractivity (Wildman–Crippen MR) is 120 cm³/mol. The van der Waals surface area contributed by atoms with Gasteiger partial charge in [-0.05, 0) is 37.6 Å². The van der Waals surface area contributed by atoms with Crippen LogP contribution in [0, 0.1) is 0 Å². The molecule has 1 aliphatic rings. The Bertz CT molecular complexity index is 1120. The summed E-state index contributed by atoms with van der Waals surface area (Å²) >= 11 is 0. The lowest BCUT2D eigenvalue weighted by Gasteiger charge is -2.26. The summed E-state index contributed by atoms with van der Waals surface area (Å²) < 4.78 is 28.8. The summed E-state index contributed by atoms with van der Waals surface area (Å²) in [5.74, 6) is -1.75. The van der Waals surface area contributed by atoms with Crippen molar-refractivity contribution >= 4 is 33.3 Å². The number of sulfone groups is 1. The van der Waals surface area contributed by atoms with Crippen LogP contribution in [0.25, 0.3) is 0 Å². The van der Waals surface area contributed by atoms with Crippen molar-refractivity contribution in [2.45, 2.75) is 25.5 Å². The first-order valence-corrected chi connectivity index (χ1v) is 12.0. The number of rotatable bonds is 6. The van der Waals surface area contributed by atoms with Crippen molar-refractivity contribution in [3.05, 3.63) is 65.7 Å². The molecule has 0 radical (unpaired) electrons. The predicted octanol–water partition coefficient (Wildman–Crippen LogP) is 2.15. The molecule has 0 saturated carbocycles. The highest BCUT2D eigenvalue weighted by Gasteiger charge is 2.35. The molecule has 9 heteroatoms. The van der Waals surface area contributed by atoms with Crippen LogP contribution in [0.5, 0.6) is 0 Å². The first-order chi connectivity index (χ1) is 15.1. The molecule has 0 aromatic heterocycles. The third-order valence-electron chi connectivity index (χ3n) is 5.56. The van der Waals surface area contributed by atoms with E-state index in [1.165, 1.54) is 35.9 Å². The fourth-order valence-electron chi connectivity index (χ4n) is 3.62. The number of carbonyl (C=O) groups excluding carboxylic acids is 3. The number of anilines is 1. The maximum absolute atomic E-state index is 13.0. The lowest BCUT2D eigenvalue weighted by Crippen LogP contribution is -2.44. The van der Waals surface area contributed by atoms with Crippen LogP contribution >= 0.6 is 0 Å². The molecule has 0 bridgehead atoms. The van der Waals surface area contributed by atoms with E-state index in [0.29, 0.717) is 12.1 Å². The van der Waals surface area contributed by atoms with E-state index in [1.807, 2.05) is 6.07 Å². The van der Waals surface area contributed by atoms with E-state index in [9.17, 15) is 22.8 Å². The number of esters is 1. The Morgan fingerprint density at radius 2 is 1.56 bits per heavy atom. The van der Waals surface area contributed by atoms with Crippen LogP contribution in [0.1, 0.15) is 34.1 Å². The lowest BCUT2D eigenvalue weighted by atomic mass is 10.1. The van der Waals surface area contributed by atoms with Crippen LogP contribution in [0.3, 0.4) is 0 Å². The molecule has 8 nitrogen and oxygen atoms in total. The maximum atomic E-state index is 13.0. The van der Waals surface area contributed by atoms with E-state index in [0.717, 1.165) is 0 Å². The number of likely N-dealkylation sites (N-methyl/N-ethyl adjacent to an activating group) is 1. The van der Waals surface area contributed by atoms with E-state index in [1.54, 1.807) is 43.4 Å². The van der Waals surface area contributed by atoms with E-state index in [2.05, 4.69) is 0 Å². The minimum absolute atomic E-state index is 0.0356. The molecular weight excluding hydrogens is 432 g/mol. The zero-order valence-corrected chi connectivity index (χ0v) is 19.0. The molecule has 1 saturated heterocycles. The largest absolute Gasteiger partial charge is 0.449 e. The standard InChI is InChI=1S/C23H26N2O6S/c1-16(21(26)25(3)18-13-14-32(29,30)15-18)31-23(28)20-12-8-7-11-19(20)22(27)24(2)17-9-5-4-6-10-17/h4-12,16,18H,13-15H2,1-3H3/t16-,18+/m0/s1. The minimum atomic E-state index is -3.16. The molecule has 2 aromatic rings. The van der Waals surface area contributed by atoms with Gasteiger partial charge in [-0.25, -0.2) is 13.2 Å². The lowest BCUT2D eigenvalue weighted by molar-refractivity contribution is -0.140. The maximum Gasteiger partial charge on any atom is 0.339 e. The van der Waals surface area contributed by atoms with E-state index >= 15 is 0 Å². The summed E-state index contributed by atoms with van der Waals surface area (Å²) in [5.41, 5.74) is 0.863. The van der Waals surface area contributed by atoms with Gasteiger partial charge in [-0.3, -0.25) is 9.59 Å². The molecule has 0 aliphatic carbocycles. The molecule has 1 heterocycles. The first kappa shape index (κ1) is 23.5. The number of ether oxygens (including phenoxy) is 1. The Labute approximate surface area is 187 Å². The van der Waals surface area contributed by atoms with Crippen LogP contribution in [-0.2, 0) is 19.4 Å². The molecule has 3 rings (SSSR count). The highest BCUT2D eigenvalue weighted by Crippen LogP contribution is 2.20. The van der Waals surface area contributed by atoms with Crippen molar-refractivity contribution < 1.29 is 27.5 Å². The topological polar surface area (TPSA) is 101 Å². The Kier molecular flexibility index (Phi) is 6.98. The van der Waals surface area contributed by atoms with Gasteiger partial charge < -0.3 is 14.5 Å². The van der Waals surface area contributed by atoms with Crippen molar-refractivity contribution in [2.75, 3.05) is 30.5 Å². The molecule has 32 heavy (non-hydrogen) atoms. The van der Waals surface area contributed by atoms with Gasteiger partial charge in [-0.1, -0.05) is 30.3 Å². The third kappa shape index (κ3) is 5.16. The quantitative estimate of drug-likeness (QED) is 0.615. The highest BCUT2D eigenvalue weighted by atomic mass is 32.2. The fourth-order valence-corrected chi connectivity index (χ4v) is 5.39. The Morgan fingerprint density at radius 3 is 2.16 bits per heavy atom. The van der Waals surface area contributed by atoms with Gasteiger partial charge >= 0.3 is 5.97 Å². The average molecular weight is 459 g/mol. The van der Waals surface area contributed by atoms with E-state index < -0.39 is 39.8 Å². The van der Waals surface area contributed by atoms with Crippen LogP contribution < -0.4 is 4.90 Å². The van der Waals surface area contributed by atoms with Gasteiger partial charge in [0.1, 0.15) is 0 Å². The average Bonchev–Trinajstić information content (AvgIpc) is 3.17. The second kappa shape index (κ2) is 9.52. The molecule has 2 amide bonds. The van der Waals surface area contributed by atoms with Gasteiger partial charge in [0.05, 0.1) is 22.6 Å². The van der Waals surface area contributed by atoms with Crippen LogP contribution in [0.15, 0.2) is 54.6 Å². The molecular formula is C23H26N2O6S. The van der Waals surface area contributed by atoms with Crippen LogP contribution in [-0.4, -0.2) is 68.8 Å². The number of para-hydroxylation sites is 1. The van der Waals surface area contributed by atoms with Crippen molar-refractivity contribution in [3.8, 4) is 0 Å². The summed E-state index contributed by atoms with van der Waals surface area (Å²) in [7, 11) is -0.0437. The summed E-state index contributed by atoms with van der Waals surface area (Å²) in [5, 5.41) is 0. The molecule has 170 valence electrons. The number of amides is 2. The second-order valence-corrected chi connectivity index (χ2v) is 10.0. The normalized spacial score (nSPS) is 17.9. The van der Waals surface area contributed by atoms with Gasteiger partial charge in [0, 0.05) is 25.8 Å². The van der Waals surface area contributed by atoms with Crippen molar-refractivity contribution in [3.63, 3.8) is 0 Å². The smallest absolute Gasteiger partial charge is 0.339 e. The van der Waals surface area contributed by atoms with Crippen molar-refractivity contribution in [1.82, 2.24) is 4.90 Å². The van der Waals surface area contributed by atoms with Gasteiger partial charge in [0.25, 0.3) is 11.8 Å². The summed E-state index contributed by atoms with van der Waals surface area (Å²) in [6.07, 6.45) is -0.778. The molecule has 0 unspecified atom stereocenters. The fraction of sp³-hybridized carbons (Fsp3) is 0.348.